The molecule has 0 aromatic heterocycles. The minimum absolute atomic E-state index is 0.0841. The molecule has 2 heteroatoms. The van der Waals surface area contributed by atoms with Gasteiger partial charge in [0.05, 0.1) is 0 Å². The van der Waals surface area contributed by atoms with Crippen LogP contribution in [-0.2, 0) is 11.2 Å². The highest BCUT2D eigenvalue weighted by atomic mass is 16.3. The molecule has 76 valence electrons. The Morgan fingerprint density at radius 3 is 2.57 bits per heavy atom. The SMILES string of the molecule is CC(C)C(=O)CCc1ccccc1O. The molecular formula is C12H16O2. The monoisotopic (exact) mass is 192 g/mol. The Hall–Kier alpha value is -1.31. The van der Waals surface area contributed by atoms with E-state index < -0.39 is 0 Å². The van der Waals surface area contributed by atoms with Gasteiger partial charge >= 0.3 is 0 Å². The Kier molecular flexibility index (Phi) is 3.69. The minimum Gasteiger partial charge on any atom is -0.508 e. The molecular weight excluding hydrogens is 176 g/mol. The molecule has 0 radical (unpaired) electrons. The Bertz CT molecular complexity index is 316. The number of para-hydroxylation sites is 1. The third kappa shape index (κ3) is 2.87. The smallest absolute Gasteiger partial charge is 0.135 e. The zero-order chi connectivity index (χ0) is 10.6. The third-order valence-electron chi connectivity index (χ3n) is 2.28. The molecule has 1 aromatic carbocycles. The number of carbonyl (C=O) groups is 1. The van der Waals surface area contributed by atoms with E-state index in [1.54, 1.807) is 12.1 Å². The molecule has 2 nitrogen and oxygen atoms in total. The molecule has 0 saturated carbocycles. The molecule has 1 N–H and O–H groups in total. The van der Waals surface area contributed by atoms with E-state index in [-0.39, 0.29) is 17.5 Å². The summed E-state index contributed by atoms with van der Waals surface area (Å²) in [6.45, 7) is 3.79. The Labute approximate surface area is 84.6 Å². The standard InChI is InChI=1S/C12H16O2/c1-9(2)11(13)8-7-10-5-3-4-6-12(10)14/h3-6,9,14H,7-8H2,1-2H3. The second-order valence-electron chi connectivity index (χ2n) is 3.75. The lowest BCUT2D eigenvalue weighted by atomic mass is 10.0. The van der Waals surface area contributed by atoms with Crippen molar-refractivity contribution in [1.29, 1.82) is 0 Å². The maximum absolute atomic E-state index is 11.3. The van der Waals surface area contributed by atoms with E-state index in [4.69, 9.17) is 0 Å². The maximum atomic E-state index is 11.3. The molecule has 0 aliphatic carbocycles. The first kappa shape index (κ1) is 10.8. The lowest BCUT2D eigenvalue weighted by Crippen LogP contribution is -2.07. The van der Waals surface area contributed by atoms with Crippen LogP contribution in [0.4, 0.5) is 0 Å². The van der Waals surface area contributed by atoms with Crippen molar-refractivity contribution in [2.75, 3.05) is 0 Å². The summed E-state index contributed by atoms with van der Waals surface area (Å²) in [7, 11) is 0. The fourth-order valence-corrected chi connectivity index (χ4v) is 1.27. The molecule has 14 heavy (non-hydrogen) atoms. The lowest BCUT2D eigenvalue weighted by Gasteiger charge is -2.05. The molecule has 0 fully saturated rings. The molecule has 1 rings (SSSR count). The van der Waals surface area contributed by atoms with Crippen molar-refractivity contribution in [3.8, 4) is 5.75 Å². The van der Waals surface area contributed by atoms with Gasteiger partial charge in [0, 0.05) is 12.3 Å². The summed E-state index contributed by atoms with van der Waals surface area (Å²) in [6, 6.07) is 7.15. The lowest BCUT2D eigenvalue weighted by molar-refractivity contribution is -0.121. The number of aryl methyl sites for hydroxylation is 1. The Morgan fingerprint density at radius 2 is 2.00 bits per heavy atom. The molecule has 0 unspecified atom stereocenters. The normalized spacial score (nSPS) is 10.5. The van der Waals surface area contributed by atoms with Gasteiger partial charge in [0.15, 0.2) is 0 Å². The highest BCUT2D eigenvalue weighted by Gasteiger charge is 2.08. The predicted molar refractivity (Wildman–Crippen MR) is 56.3 cm³/mol. The first-order valence-electron chi connectivity index (χ1n) is 4.91. The number of hydrogen-bond donors (Lipinski definition) is 1. The van der Waals surface area contributed by atoms with Crippen LogP contribution in [0.25, 0.3) is 0 Å². The molecule has 1 aromatic rings. The van der Waals surface area contributed by atoms with Crippen LogP contribution in [0.2, 0.25) is 0 Å². The van der Waals surface area contributed by atoms with Crippen LogP contribution >= 0.6 is 0 Å². The average molecular weight is 192 g/mol. The van der Waals surface area contributed by atoms with E-state index in [2.05, 4.69) is 0 Å². The number of rotatable bonds is 4. The van der Waals surface area contributed by atoms with Gasteiger partial charge in [-0.25, -0.2) is 0 Å². The van der Waals surface area contributed by atoms with Gasteiger partial charge in [0.1, 0.15) is 11.5 Å². The van der Waals surface area contributed by atoms with E-state index in [0.717, 1.165) is 5.56 Å². The summed E-state index contributed by atoms with van der Waals surface area (Å²) in [5.74, 6) is 0.609. The van der Waals surface area contributed by atoms with E-state index in [1.165, 1.54) is 0 Å². The van der Waals surface area contributed by atoms with Crippen molar-refractivity contribution in [2.24, 2.45) is 5.92 Å². The van der Waals surface area contributed by atoms with Crippen LogP contribution in [0, 0.1) is 5.92 Å². The topological polar surface area (TPSA) is 37.3 Å². The maximum Gasteiger partial charge on any atom is 0.135 e. The zero-order valence-corrected chi connectivity index (χ0v) is 8.66. The van der Waals surface area contributed by atoms with Gasteiger partial charge in [0.2, 0.25) is 0 Å². The van der Waals surface area contributed by atoms with E-state index in [9.17, 15) is 9.90 Å². The van der Waals surface area contributed by atoms with Crippen molar-refractivity contribution in [1.82, 2.24) is 0 Å². The van der Waals surface area contributed by atoms with Crippen LogP contribution < -0.4 is 0 Å². The molecule has 0 aliphatic heterocycles. The van der Waals surface area contributed by atoms with Crippen molar-refractivity contribution in [2.45, 2.75) is 26.7 Å². The fourth-order valence-electron chi connectivity index (χ4n) is 1.27. The van der Waals surface area contributed by atoms with Crippen LogP contribution in [0.3, 0.4) is 0 Å². The number of benzene rings is 1. The van der Waals surface area contributed by atoms with Crippen molar-refractivity contribution >= 4 is 5.78 Å². The molecule has 0 spiro atoms. The molecule has 0 saturated heterocycles. The number of carbonyl (C=O) groups excluding carboxylic acids is 1. The first-order chi connectivity index (χ1) is 6.61. The molecule has 0 atom stereocenters. The summed E-state index contributed by atoms with van der Waals surface area (Å²) >= 11 is 0. The van der Waals surface area contributed by atoms with Gasteiger partial charge in [-0.3, -0.25) is 4.79 Å². The van der Waals surface area contributed by atoms with Crippen molar-refractivity contribution in [3.63, 3.8) is 0 Å². The van der Waals surface area contributed by atoms with Gasteiger partial charge in [-0.1, -0.05) is 32.0 Å². The summed E-state index contributed by atoms with van der Waals surface area (Å²) in [4.78, 5) is 11.3. The van der Waals surface area contributed by atoms with Crippen molar-refractivity contribution < 1.29 is 9.90 Å². The molecule has 0 bridgehead atoms. The Balaban J connectivity index is 2.54. The van der Waals surface area contributed by atoms with Crippen LogP contribution in [-0.4, -0.2) is 10.9 Å². The van der Waals surface area contributed by atoms with Gasteiger partial charge < -0.3 is 5.11 Å². The molecule has 0 heterocycles. The summed E-state index contributed by atoms with van der Waals surface area (Å²) in [6.07, 6.45) is 1.14. The van der Waals surface area contributed by atoms with Gasteiger partial charge in [-0.15, -0.1) is 0 Å². The minimum atomic E-state index is 0.0841. The summed E-state index contributed by atoms with van der Waals surface area (Å²) in [5.41, 5.74) is 0.849. The second-order valence-corrected chi connectivity index (χ2v) is 3.75. The quantitative estimate of drug-likeness (QED) is 0.796. The number of Topliss-reactive ketones (excluding diaryl/α,β-unsaturated/α-hetero) is 1. The van der Waals surface area contributed by atoms with Crippen molar-refractivity contribution in [3.05, 3.63) is 29.8 Å². The fraction of sp³-hybridized carbons (Fsp3) is 0.417. The number of hydrogen-bond acceptors (Lipinski definition) is 2. The number of phenols is 1. The van der Waals surface area contributed by atoms with E-state index in [1.807, 2.05) is 26.0 Å². The zero-order valence-electron chi connectivity index (χ0n) is 8.66. The van der Waals surface area contributed by atoms with Gasteiger partial charge in [-0.2, -0.15) is 0 Å². The number of ketones is 1. The summed E-state index contributed by atoms with van der Waals surface area (Å²) < 4.78 is 0. The van der Waals surface area contributed by atoms with Gasteiger partial charge in [-0.05, 0) is 18.1 Å². The predicted octanol–water partition coefficient (Wildman–Crippen LogP) is 2.55. The number of aromatic hydroxyl groups is 1. The molecule has 0 aliphatic rings. The van der Waals surface area contributed by atoms with Crippen LogP contribution in [0.5, 0.6) is 5.75 Å². The second kappa shape index (κ2) is 4.80. The highest BCUT2D eigenvalue weighted by molar-refractivity contribution is 5.80. The summed E-state index contributed by atoms with van der Waals surface area (Å²) in [5, 5.41) is 9.45. The largest absolute Gasteiger partial charge is 0.508 e. The highest BCUT2D eigenvalue weighted by Crippen LogP contribution is 2.17. The number of phenolic OH excluding ortho intramolecular Hbond substituents is 1. The average Bonchev–Trinajstić information content (AvgIpc) is 2.16. The first-order valence-corrected chi connectivity index (χ1v) is 4.91. The van der Waals surface area contributed by atoms with Gasteiger partial charge in [0.25, 0.3) is 0 Å². The molecule has 0 amide bonds. The Morgan fingerprint density at radius 1 is 1.36 bits per heavy atom. The van der Waals surface area contributed by atoms with E-state index in [0.29, 0.717) is 12.8 Å². The third-order valence-corrected chi connectivity index (χ3v) is 2.28. The van der Waals surface area contributed by atoms with Crippen LogP contribution in [0.15, 0.2) is 24.3 Å². The van der Waals surface area contributed by atoms with Crippen LogP contribution in [0.1, 0.15) is 25.8 Å². The van der Waals surface area contributed by atoms with E-state index >= 15 is 0 Å².